The number of carbonyl (C=O) groups excluding carboxylic acids is 2. The standard InChI is InChI=1S/C22H19NO4S/c1-26-16-9-10-17-14(11-16)7-8-15-12-18(28-20(15)17)22(25)27-19(21(23)24)13-5-3-2-4-6-13/h2-6,9-12,19H,7-8H2,1H3,(H2,23,24). The van der Waals surface area contributed by atoms with E-state index in [-0.39, 0.29) is 0 Å². The molecule has 2 N–H and O–H groups in total. The van der Waals surface area contributed by atoms with Gasteiger partial charge in [0.25, 0.3) is 5.91 Å². The fourth-order valence-corrected chi connectivity index (χ4v) is 4.57. The van der Waals surface area contributed by atoms with Gasteiger partial charge in [0, 0.05) is 10.4 Å². The van der Waals surface area contributed by atoms with Gasteiger partial charge in [-0.15, -0.1) is 11.3 Å². The van der Waals surface area contributed by atoms with Crippen LogP contribution in [0.2, 0.25) is 0 Å². The third kappa shape index (κ3) is 3.39. The molecule has 2 aromatic carbocycles. The van der Waals surface area contributed by atoms with Gasteiger partial charge in [-0.25, -0.2) is 4.79 Å². The molecular formula is C22H19NO4S. The molecule has 0 spiro atoms. The third-order valence-corrected chi connectivity index (χ3v) is 6.01. The van der Waals surface area contributed by atoms with Crippen molar-refractivity contribution in [2.24, 2.45) is 5.73 Å². The molecule has 5 nitrogen and oxygen atoms in total. The monoisotopic (exact) mass is 393 g/mol. The van der Waals surface area contributed by atoms with Crippen LogP contribution >= 0.6 is 11.3 Å². The first-order valence-electron chi connectivity index (χ1n) is 8.92. The van der Waals surface area contributed by atoms with Crippen molar-refractivity contribution < 1.29 is 19.1 Å². The van der Waals surface area contributed by atoms with Gasteiger partial charge in [0.2, 0.25) is 6.10 Å². The zero-order valence-corrected chi connectivity index (χ0v) is 16.1. The van der Waals surface area contributed by atoms with Crippen molar-refractivity contribution in [3.8, 4) is 16.2 Å². The summed E-state index contributed by atoms with van der Waals surface area (Å²) in [6.07, 6.45) is 0.625. The minimum absolute atomic E-state index is 0.468. The van der Waals surface area contributed by atoms with Crippen LogP contribution in [0.1, 0.15) is 32.5 Å². The van der Waals surface area contributed by atoms with Crippen molar-refractivity contribution in [2.45, 2.75) is 18.9 Å². The van der Waals surface area contributed by atoms with Gasteiger partial charge in [-0.2, -0.15) is 0 Å². The van der Waals surface area contributed by atoms with Gasteiger partial charge in [0.05, 0.1) is 7.11 Å². The average Bonchev–Trinajstić information content (AvgIpc) is 3.16. The Bertz CT molecular complexity index is 1040. The van der Waals surface area contributed by atoms with Crippen molar-refractivity contribution in [1.29, 1.82) is 0 Å². The molecule has 0 saturated heterocycles. The molecule has 142 valence electrons. The van der Waals surface area contributed by atoms with E-state index >= 15 is 0 Å². The number of thiophene rings is 1. The largest absolute Gasteiger partial charge is 0.497 e. The number of ether oxygens (including phenoxy) is 2. The van der Waals surface area contributed by atoms with Crippen molar-refractivity contribution in [2.75, 3.05) is 7.11 Å². The molecule has 0 bridgehead atoms. The lowest BCUT2D eigenvalue weighted by Crippen LogP contribution is -2.26. The Hall–Kier alpha value is -3.12. The maximum absolute atomic E-state index is 12.7. The lowest BCUT2D eigenvalue weighted by atomic mass is 9.91. The fraction of sp³-hybridized carbons (Fsp3) is 0.182. The number of hydrogen-bond donors (Lipinski definition) is 1. The molecule has 1 amide bonds. The summed E-state index contributed by atoms with van der Waals surface area (Å²) in [5.74, 6) is -0.411. The van der Waals surface area contributed by atoms with E-state index in [0.717, 1.165) is 34.6 Å². The van der Waals surface area contributed by atoms with Gasteiger partial charge in [0.15, 0.2) is 0 Å². The highest BCUT2D eigenvalue weighted by atomic mass is 32.1. The number of hydrogen-bond acceptors (Lipinski definition) is 5. The van der Waals surface area contributed by atoms with Crippen LogP contribution in [0.3, 0.4) is 0 Å². The van der Waals surface area contributed by atoms with Crippen molar-refractivity contribution >= 4 is 23.2 Å². The summed E-state index contributed by atoms with van der Waals surface area (Å²) in [6, 6.07) is 16.6. The van der Waals surface area contributed by atoms with E-state index in [0.29, 0.717) is 10.4 Å². The molecule has 6 heteroatoms. The van der Waals surface area contributed by atoms with Crippen LogP contribution < -0.4 is 10.5 Å². The number of fused-ring (bicyclic) bond motifs is 3. The lowest BCUT2D eigenvalue weighted by molar-refractivity contribution is -0.127. The Kier molecular flexibility index (Phi) is 4.88. The van der Waals surface area contributed by atoms with Gasteiger partial charge in [-0.05, 0) is 53.8 Å². The minimum Gasteiger partial charge on any atom is -0.497 e. The number of methoxy groups -OCH3 is 1. The van der Waals surface area contributed by atoms with Gasteiger partial charge < -0.3 is 15.2 Å². The molecule has 1 aliphatic rings. The molecular weight excluding hydrogens is 374 g/mol. The second-order valence-corrected chi connectivity index (χ2v) is 7.64. The molecule has 0 radical (unpaired) electrons. The van der Waals surface area contributed by atoms with Gasteiger partial charge >= 0.3 is 5.97 Å². The smallest absolute Gasteiger partial charge is 0.349 e. The maximum Gasteiger partial charge on any atom is 0.349 e. The molecule has 1 atom stereocenters. The van der Waals surface area contributed by atoms with Crippen LogP contribution in [0.25, 0.3) is 10.4 Å². The molecule has 1 heterocycles. The number of aryl methyl sites for hydroxylation is 2. The van der Waals surface area contributed by atoms with Gasteiger partial charge in [-0.1, -0.05) is 30.3 Å². The molecule has 0 aliphatic heterocycles. The van der Waals surface area contributed by atoms with E-state index in [1.807, 2.05) is 30.3 Å². The zero-order valence-electron chi connectivity index (χ0n) is 15.3. The van der Waals surface area contributed by atoms with E-state index < -0.39 is 18.0 Å². The zero-order chi connectivity index (χ0) is 19.7. The summed E-state index contributed by atoms with van der Waals surface area (Å²) in [6.45, 7) is 0. The number of primary amides is 1. The Morgan fingerprint density at radius 1 is 1.04 bits per heavy atom. The maximum atomic E-state index is 12.7. The fourth-order valence-electron chi connectivity index (χ4n) is 3.42. The summed E-state index contributed by atoms with van der Waals surface area (Å²) in [5.41, 5.74) is 9.45. The first-order valence-corrected chi connectivity index (χ1v) is 9.73. The van der Waals surface area contributed by atoms with Crippen LogP contribution in [-0.2, 0) is 22.4 Å². The van der Waals surface area contributed by atoms with Crippen LogP contribution in [-0.4, -0.2) is 19.0 Å². The lowest BCUT2D eigenvalue weighted by Gasteiger charge is -2.16. The normalized spacial score (nSPS) is 13.2. The van der Waals surface area contributed by atoms with Gasteiger partial charge in [0.1, 0.15) is 10.6 Å². The molecule has 4 rings (SSSR count). The highest BCUT2D eigenvalue weighted by molar-refractivity contribution is 7.17. The van der Waals surface area contributed by atoms with Crippen molar-refractivity contribution in [3.63, 3.8) is 0 Å². The number of benzene rings is 2. The average molecular weight is 393 g/mol. The van der Waals surface area contributed by atoms with E-state index in [4.69, 9.17) is 15.2 Å². The van der Waals surface area contributed by atoms with Crippen LogP contribution in [0, 0.1) is 0 Å². The van der Waals surface area contributed by atoms with E-state index in [1.165, 1.54) is 16.9 Å². The van der Waals surface area contributed by atoms with Crippen molar-refractivity contribution in [1.82, 2.24) is 0 Å². The van der Waals surface area contributed by atoms with Crippen LogP contribution in [0.15, 0.2) is 54.6 Å². The Labute approximate surface area is 166 Å². The first kappa shape index (κ1) is 18.3. The second kappa shape index (κ2) is 7.48. The van der Waals surface area contributed by atoms with E-state index in [9.17, 15) is 9.59 Å². The first-order chi connectivity index (χ1) is 13.6. The number of nitrogens with two attached hydrogens (primary N) is 1. The molecule has 1 unspecified atom stereocenters. The number of rotatable bonds is 5. The van der Waals surface area contributed by atoms with Gasteiger partial charge in [-0.3, -0.25) is 4.79 Å². The Morgan fingerprint density at radius 3 is 2.50 bits per heavy atom. The molecule has 28 heavy (non-hydrogen) atoms. The summed E-state index contributed by atoms with van der Waals surface area (Å²) in [4.78, 5) is 26.1. The molecule has 1 aromatic heterocycles. The quantitative estimate of drug-likeness (QED) is 0.667. The number of carbonyl (C=O) groups is 2. The summed E-state index contributed by atoms with van der Waals surface area (Å²) in [7, 11) is 1.65. The van der Waals surface area contributed by atoms with E-state index in [2.05, 4.69) is 0 Å². The van der Waals surface area contributed by atoms with Crippen LogP contribution in [0.5, 0.6) is 5.75 Å². The van der Waals surface area contributed by atoms with Crippen LogP contribution in [0.4, 0.5) is 0 Å². The Balaban J connectivity index is 1.61. The summed E-state index contributed by atoms with van der Waals surface area (Å²) >= 11 is 1.38. The topological polar surface area (TPSA) is 78.6 Å². The molecule has 0 fully saturated rings. The second-order valence-electron chi connectivity index (χ2n) is 6.59. The third-order valence-electron chi connectivity index (χ3n) is 4.82. The minimum atomic E-state index is -1.11. The van der Waals surface area contributed by atoms with E-state index in [1.54, 1.807) is 31.4 Å². The summed E-state index contributed by atoms with van der Waals surface area (Å²) < 4.78 is 10.8. The number of amides is 1. The highest BCUT2D eigenvalue weighted by Gasteiger charge is 2.27. The predicted molar refractivity (Wildman–Crippen MR) is 108 cm³/mol. The number of esters is 1. The molecule has 1 aliphatic carbocycles. The molecule has 3 aromatic rings. The highest BCUT2D eigenvalue weighted by Crippen LogP contribution is 2.41. The predicted octanol–water partition coefficient (Wildman–Crippen LogP) is 3.91. The van der Waals surface area contributed by atoms with Crippen molar-refractivity contribution in [3.05, 3.63) is 76.2 Å². The summed E-state index contributed by atoms with van der Waals surface area (Å²) in [5, 5.41) is 0. The Morgan fingerprint density at radius 2 is 1.79 bits per heavy atom. The SMILES string of the molecule is COc1ccc2c(c1)CCc1cc(C(=O)OC(C(N)=O)c3ccccc3)sc1-2. The molecule has 0 saturated carbocycles.